The SMILES string of the molecule is CN1CCN(C2=NC(=O)/C(=C/c3ccco3)S2)CC1. The molecule has 0 saturated carbocycles. The first-order valence-electron chi connectivity index (χ1n) is 6.22. The fourth-order valence-electron chi connectivity index (χ4n) is 2.03. The number of piperazine rings is 1. The molecular weight excluding hydrogens is 262 g/mol. The number of likely N-dealkylation sites (N-methyl/N-ethyl adjacent to an activating group) is 1. The van der Waals surface area contributed by atoms with E-state index in [1.807, 2.05) is 6.07 Å². The highest BCUT2D eigenvalue weighted by molar-refractivity contribution is 8.18. The predicted octanol–water partition coefficient (Wildman–Crippen LogP) is 1.50. The summed E-state index contributed by atoms with van der Waals surface area (Å²) in [4.78, 5) is 21.1. The maximum atomic E-state index is 11.9. The van der Waals surface area contributed by atoms with Gasteiger partial charge in [-0.1, -0.05) is 0 Å². The summed E-state index contributed by atoms with van der Waals surface area (Å²) in [7, 11) is 2.11. The first-order valence-corrected chi connectivity index (χ1v) is 7.03. The van der Waals surface area contributed by atoms with E-state index in [9.17, 15) is 4.79 Å². The van der Waals surface area contributed by atoms with Gasteiger partial charge in [0.25, 0.3) is 5.91 Å². The van der Waals surface area contributed by atoms with Gasteiger partial charge in [0.1, 0.15) is 5.76 Å². The van der Waals surface area contributed by atoms with Gasteiger partial charge >= 0.3 is 0 Å². The lowest BCUT2D eigenvalue weighted by Crippen LogP contribution is -2.46. The largest absolute Gasteiger partial charge is 0.465 e. The van der Waals surface area contributed by atoms with Crippen molar-refractivity contribution >= 4 is 28.9 Å². The number of amides is 1. The van der Waals surface area contributed by atoms with Crippen molar-refractivity contribution in [3.05, 3.63) is 29.1 Å². The lowest BCUT2D eigenvalue weighted by atomic mass is 10.3. The molecule has 0 unspecified atom stereocenters. The van der Waals surface area contributed by atoms with Crippen LogP contribution in [-0.2, 0) is 4.79 Å². The van der Waals surface area contributed by atoms with E-state index in [4.69, 9.17) is 4.42 Å². The van der Waals surface area contributed by atoms with Crippen LogP contribution in [0.5, 0.6) is 0 Å². The molecule has 3 rings (SSSR count). The summed E-state index contributed by atoms with van der Waals surface area (Å²) in [5.41, 5.74) is 0. The van der Waals surface area contributed by atoms with Crippen molar-refractivity contribution in [2.75, 3.05) is 33.2 Å². The van der Waals surface area contributed by atoms with Crippen molar-refractivity contribution in [2.45, 2.75) is 0 Å². The number of nitrogens with zero attached hydrogens (tertiary/aromatic N) is 3. The summed E-state index contributed by atoms with van der Waals surface area (Å²) in [6, 6.07) is 3.63. The molecule has 2 aliphatic heterocycles. The second-order valence-corrected chi connectivity index (χ2v) is 5.63. The maximum Gasteiger partial charge on any atom is 0.286 e. The number of aliphatic imine (C=N–C) groups is 1. The zero-order chi connectivity index (χ0) is 13.2. The van der Waals surface area contributed by atoms with Crippen LogP contribution in [0.1, 0.15) is 5.76 Å². The third-order valence-electron chi connectivity index (χ3n) is 3.20. The van der Waals surface area contributed by atoms with E-state index in [1.165, 1.54) is 11.8 Å². The Labute approximate surface area is 116 Å². The van der Waals surface area contributed by atoms with Gasteiger partial charge in [0.2, 0.25) is 0 Å². The van der Waals surface area contributed by atoms with Gasteiger partial charge in [-0.25, -0.2) is 0 Å². The van der Waals surface area contributed by atoms with Crippen molar-refractivity contribution in [1.82, 2.24) is 9.80 Å². The molecule has 5 nitrogen and oxygen atoms in total. The summed E-state index contributed by atoms with van der Waals surface area (Å²) in [5, 5.41) is 0.816. The second kappa shape index (κ2) is 5.22. The van der Waals surface area contributed by atoms with Crippen LogP contribution < -0.4 is 0 Å². The fraction of sp³-hybridized carbons (Fsp3) is 0.385. The van der Waals surface area contributed by atoms with E-state index >= 15 is 0 Å². The maximum absolute atomic E-state index is 11.9. The van der Waals surface area contributed by atoms with Crippen LogP contribution in [0.15, 0.2) is 32.7 Å². The van der Waals surface area contributed by atoms with Crippen LogP contribution in [0.2, 0.25) is 0 Å². The zero-order valence-electron chi connectivity index (χ0n) is 10.7. The van der Waals surface area contributed by atoms with Crippen LogP contribution >= 0.6 is 11.8 Å². The van der Waals surface area contributed by atoms with E-state index in [-0.39, 0.29) is 5.91 Å². The Bertz CT molecular complexity index is 528. The Kier molecular flexibility index (Phi) is 3.44. The minimum atomic E-state index is -0.171. The van der Waals surface area contributed by atoms with Gasteiger partial charge in [-0.15, -0.1) is 0 Å². The molecule has 2 aliphatic rings. The smallest absolute Gasteiger partial charge is 0.286 e. The number of hydrogen-bond donors (Lipinski definition) is 0. The average molecular weight is 277 g/mol. The van der Waals surface area contributed by atoms with Crippen LogP contribution in [0.25, 0.3) is 6.08 Å². The van der Waals surface area contributed by atoms with Gasteiger partial charge in [-0.05, 0) is 30.9 Å². The lowest BCUT2D eigenvalue weighted by Gasteiger charge is -2.32. The van der Waals surface area contributed by atoms with E-state index in [2.05, 4.69) is 21.8 Å². The van der Waals surface area contributed by atoms with E-state index < -0.39 is 0 Å². The molecule has 1 aromatic rings. The summed E-state index contributed by atoms with van der Waals surface area (Å²) in [6.07, 6.45) is 3.35. The predicted molar refractivity (Wildman–Crippen MR) is 75.8 cm³/mol. The molecule has 19 heavy (non-hydrogen) atoms. The van der Waals surface area contributed by atoms with Crippen LogP contribution in [0, 0.1) is 0 Å². The molecular formula is C13H15N3O2S. The van der Waals surface area contributed by atoms with Gasteiger partial charge < -0.3 is 14.2 Å². The summed E-state index contributed by atoms with van der Waals surface area (Å²) < 4.78 is 5.23. The van der Waals surface area contributed by atoms with Gasteiger partial charge in [-0.3, -0.25) is 4.79 Å². The molecule has 1 fully saturated rings. The van der Waals surface area contributed by atoms with Crippen molar-refractivity contribution < 1.29 is 9.21 Å². The molecule has 1 aromatic heterocycles. The number of thioether (sulfide) groups is 1. The van der Waals surface area contributed by atoms with E-state index in [1.54, 1.807) is 18.4 Å². The molecule has 0 spiro atoms. The third-order valence-corrected chi connectivity index (χ3v) is 4.24. The average Bonchev–Trinajstić information content (AvgIpc) is 3.02. The van der Waals surface area contributed by atoms with E-state index in [0.29, 0.717) is 10.7 Å². The van der Waals surface area contributed by atoms with Gasteiger partial charge in [-0.2, -0.15) is 4.99 Å². The van der Waals surface area contributed by atoms with Gasteiger partial charge in [0.05, 0.1) is 11.2 Å². The Hall–Kier alpha value is -1.53. The summed E-state index contributed by atoms with van der Waals surface area (Å²) >= 11 is 1.43. The first kappa shape index (κ1) is 12.5. The molecule has 0 aliphatic carbocycles. The van der Waals surface area contributed by atoms with Crippen LogP contribution in [0.4, 0.5) is 0 Å². The standard InChI is InChI=1S/C13H15N3O2S/c1-15-4-6-16(7-5-15)13-14-12(17)11(19-13)9-10-3-2-8-18-10/h2-3,8-9H,4-7H2,1H3/b11-9-. The molecule has 6 heteroatoms. The zero-order valence-corrected chi connectivity index (χ0v) is 11.5. The van der Waals surface area contributed by atoms with Crippen molar-refractivity contribution in [3.63, 3.8) is 0 Å². The highest BCUT2D eigenvalue weighted by Crippen LogP contribution is 2.30. The van der Waals surface area contributed by atoms with Crippen LogP contribution in [0.3, 0.4) is 0 Å². The molecule has 0 aromatic carbocycles. The molecule has 0 bridgehead atoms. The molecule has 1 saturated heterocycles. The Morgan fingerprint density at radius 2 is 2.16 bits per heavy atom. The monoisotopic (exact) mass is 277 g/mol. The molecule has 0 atom stereocenters. The quantitative estimate of drug-likeness (QED) is 0.728. The Morgan fingerprint density at radius 3 is 2.84 bits per heavy atom. The highest BCUT2D eigenvalue weighted by atomic mass is 32.2. The van der Waals surface area contributed by atoms with Crippen LogP contribution in [-0.4, -0.2) is 54.1 Å². The number of hydrogen-bond acceptors (Lipinski definition) is 5. The van der Waals surface area contributed by atoms with Gasteiger partial charge in [0.15, 0.2) is 5.17 Å². The third kappa shape index (κ3) is 2.74. The Balaban J connectivity index is 1.70. The van der Waals surface area contributed by atoms with Crippen molar-refractivity contribution in [3.8, 4) is 0 Å². The number of carbonyl (C=O) groups is 1. The van der Waals surface area contributed by atoms with E-state index in [0.717, 1.165) is 31.3 Å². The molecule has 100 valence electrons. The Morgan fingerprint density at radius 1 is 1.37 bits per heavy atom. The number of amidine groups is 1. The second-order valence-electron chi connectivity index (χ2n) is 4.62. The summed E-state index contributed by atoms with van der Waals surface area (Å²) in [5.74, 6) is 0.515. The first-order chi connectivity index (χ1) is 9.22. The molecule has 0 radical (unpaired) electrons. The lowest BCUT2D eigenvalue weighted by molar-refractivity contribution is -0.113. The normalized spacial score (nSPS) is 23.2. The topological polar surface area (TPSA) is 49.0 Å². The number of furan rings is 1. The summed E-state index contributed by atoms with van der Waals surface area (Å²) in [6.45, 7) is 3.85. The molecule has 0 N–H and O–H groups in total. The van der Waals surface area contributed by atoms with Crippen molar-refractivity contribution in [1.29, 1.82) is 0 Å². The minimum absolute atomic E-state index is 0.171. The highest BCUT2D eigenvalue weighted by Gasteiger charge is 2.27. The molecule has 1 amide bonds. The minimum Gasteiger partial charge on any atom is -0.465 e. The van der Waals surface area contributed by atoms with Crippen molar-refractivity contribution in [2.24, 2.45) is 4.99 Å². The fourth-order valence-corrected chi connectivity index (χ4v) is 2.98. The number of carbonyl (C=O) groups excluding carboxylic acids is 1. The van der Waals surface area contributed by atoms with Gasteiger partial charge in [0, 0.05) is 32.3 Å². The number of rotatable bonds is 1. The molecule has 3 heterocycles.